The average molecular weight is 279 g/mol. The summed E-state index contributed by atoms with van der Waals surface area (Å²) in [7, 11) is 1.69. The van der Waals surface area contributed by atoms with Gasteiger partial charge in [0.05, 0.1) is 16.4 Å². The highest BCUT2D eigenvalue weighted by molar-refractivity contribution is 7.14. The van der Waals surface area contributed by atoms with Gasteiger partial charge in [-0.15, -0.1) is 11.3 Å². The van der Waals surface area contributed by atoms with Crippen molar-refractivity contribution in [2.45, 2.75) is 6.42 Å². The number of nitrogens with zero attached hydrogens (tertiary/aromatic N) is 1. The van der Waals surface area contributed by atoms with Crippen molar-refractivity contribution in [1.29, 1.82) is 0 Å². The standard InChI is InChI=1S/C14H17NO3S/c1-18-10-11-6-7-15(9-11)14(17)13-5-4-12(19-13)3-2-8-16/h4-5,11,16H,6-10H2,1H3. The van der Waals surface area contributed by atoms with Gasteiger partial charge < -0.3 is 14.7 Å². The zero-order valence-corrected chi connectivity index (χ0v) is 11.7. The van der Waals surface area contributed by atoms with E-state index in [-0.39, 0.29) is 12.5 Å². The first kappa shape index (κ1) is 14.1. The Morgan fingerprint density at radius 2 is 2.47 bits per heavy atom. The highest BCUT2D eigenvalue weighted by Crippen LogP contribution is 2.22. The second kappa shape index (κ2) is 6.71. The molecule has 0 spiro atoms. The second-order valence-corrected chi connectivity index (χ2v) is 5.57. The Balaban J connectivity index is 1.98. The molecule has 5 heteroatoms. The van der Waals surface area contributed by atoms with Crippen molar-refractivity contribution >= 4 is 17.2 Å². The topological polar surface area (TPSA) is 49.8 Å². The van der Waals surface area contributed by atoms with Crippen LogP contribution in [0, 0.1) is 17.8 Å². The van der Waals surface area contributed by atoms with E-state index in [1.54, 1.807) is 13.2 Å². The molecule has 102 valence electrons. The third-order valence-electron chi connectivity index (χ3n) is 3.08. The molecule has 1 aromatic heterocycles. The monoisotopic (exact) mass is 279 g/mol. The number of methoxy groups -OCH3 is 1. The molecule has 0 saturated carbocycles. The van der Waals surface area contributed by atoms with Crippen LogP contribution in [-0.4, -0.2) is 49.3 Å². The van der Waals surface area contributed by atoms with Gasteiger partial charge in [0.1, 0.15) is 6.61 Å². The Labute approximate surface area is 117 Å². The lowest BCUT2D eigenvalue weighted by Crippen LogP contribution is -2.28. The van der Waals surface area contributed by atoms with Crippen molar-refractivity contribution in [1.82, 2.24) is 4.90 Å². The van der Waals surface area contributed by atoms with Crippen LogP contribution in [0.15, 0.2) is 12.1 Å². The van der Waals surface area contributed by atoms with Crippen LogP contribution >= 0.6 is 11.3 Å². The minimum absolute atomic E-state index is 0.0700. The maximum atomic E-state index is 12.3. The summed E-state index contributed by atoms with van der Waals surface area (Å²) in [6.07, 6.45) is 1.00. The van der Waals surface area contributed by atoms with E-state index >= 15 is 0 Å². The summed E-state index contributed by atoms with van der Waals surface area (Å²) in [5.41, 5.74) is 0. The number of amides is 1. The normalized spacial score (nSPS) is 18.2. The van der Waals surface area contributed by atoms with Gasteiger partial charge >= 0.3 is 0 Å². The molecular formula is C14H17NO3S. The highest BCUT2D eigenvalue weighted by Gasteiger charge is 2.27. The van der Waals surface area contributed by atoms with Crippen LogP contribution in [0.1, 0.15) is 21.0 Å². The molecule has 0 bridgehead atoms. The zero-order valence-electron chi connectivity index (χ0n) is 10.9. The number of ether oxygens (including phenoxy) is 1. The van der Waals surface area contributed by atoms with Gasteiger partial charge in [-0.3, -0.25) is 4.79 Å². The predicted octanol–water partition coefficient (Wildman–Crippen LogP) is 1.20. The lowest BCUT2D eigenvalue weighted by molar-refractivity contribution is 0.0780. The lowest BCUT2D eigenvalue weighted by Gasteiger charge is -2.15. The van der Waals surface area contributed by atoms with Gasteiger partial charge in [-0.1, -0.05) is 11.8 Å². The smallest absolute Gasteiger partial charge is 0.263 e. The molecule has 4 nitrogen and oxygen atoms in total. The molecule has 1 amide bonds. The molecule has 1 aromatic rings. The minimum atomic E-state index is -0.161. The second-order valence-electron chi connectivity index (χ2n) is 4.48. The van der Waals surface area contributed by atoms with E-state index in [0.717, 1.165) is 24.4 Å². The van der Waals surface area contributed by atoms with Gasteiger partial charge in [0.25, 0.3) is 5.91 Å². The number of carbonyl (C=O) groups excluding carboxylic acids is 1. The average Bonchev–Trinajstić information content (AvgIpc) is 3.05. The molecule has 1 unspecified atom stereocenters. The molecule has 2 rings (SSSR count). The van der Waals surface area contributed by atoms with Crippen molar-refractivity contribution in [2.75, 3.05) is 33.4 Å². The summed E-state index contributed by atoms with van der Waals surface area (Å²) in [5.74, 6) is 5.92. The quantitative estimate of drug-likeness (QED) is 0.846. The number of aliphatic hydroxyl groups is 1. The molecule has 1 saturated heterocycles. The fourth-order valence-corrected chi connectivity index (χ4v) is 3.04. The summed E-state index contributed by atoms with van der Waals surface area (Å²) in [6.45, 7) is 2.11. The first-order valence-corrected chi connectivity index (χ1v) is 7.04. The Morgan fingerprint density at radius 1 is 1.63 bits per heavy atom. The Morgan fingerprint density at radius 3 is 3.21 bits per heavy atom. The van der Waals surface area contributed by atoms with E-state index in [9.17, 15) is 4.79 Å². The van der Waals surface area contributed by atoms with Crippen molar-refractivity contribution in [3.63, 3.8) is 0 Å². The fraction of sp³-hybridized carbons (Fsp3) is 0.500. The maximum Gasteiger partial charge on any atom is 0.263 e. The molecule has 0 radical (unpaired) electrons. The third kappa shape index (κ3) is 3.57. The number of thiophene rings is 1. The number of hydrogen-bond donors (Lipinski definition) is 1. The lowest BCUT2D eigenvalue weighted by atomic mass is 10.1. The number of rotatable bonds is 3. The van der Waals surface area contributed by atoms with Crippen LogP contribution in [0.4, 0.5) is 0 Å². The minimum Gasteiger partial charge on any atom is -0.384 e. The first-order chi connectivity index (χ1) is 9.24. The summed E-state index contributed by atoms with van der Waals surface area (Å²) >= 11 is 1.38. The van der Waals surface area contributed by atoms with Crippen molar-refractivity contribution < 1.29 is 14.6 Å². The van der Waals surface area contributed by atoms with Gasteiger partial charge in [-0.25, -0.2) is 0 Å². The summed E-state index contributed by atoms with van der Waals surface area (Å²) in [5, 5.41) is 8.64. The van der Waals surface area contributed by atoms with Gasteiger partial charge in [0, 0.05) is 26.1 Å². The van der Waals surface area contributed by atoms with E-state index in [4.69, 9.17) is 9.84 Å². The molecule has 0 aliphatic carbocycles. The van der Waals surface area contributed by atoms with Crippen molar-refractivity contribution in [2.24, 2.45) is 5.92 Å². The van der Waals surface area contributed by atoms with Crippen LogP contribution in [0.2, 0.25) is 0 Å². The van der Waals surface area contributed by atoms with E-state index in [1.165, 1.54) is 11.3 Å². The van der Waals surface area contributed by atoms with E-state index in [1.807, 2.05) is 11.0 Å². The molecule has 2 heterocycles. The molecule has 19 heavy (non-hydrogen) atoms. The molecule has 1 atom stereocenters. The zero-order chi connectivity index (χ0) is 13.7. The van der Waals surface area contributed by atoms with Crippen LogP contribution in [0.5, 0.6) is 0 Å². The number of aliphatic hydroxyl groups excluding tert-OH is 1. The van der Waals surface area contributed by atoms with E-state index in [2.05, 4.69) is 11.8 Å². The Kier molecular flexibility index (Phi) is 4.97. The molecule has 0 aromatic carbocycles. The maximum absolute atomic E-state index is 12.3. The summed E-state index contributed by atoms with van der Waals surface area (Å²) < 4.78 is 5.13. The molecule has 1 fully saturated rings. The molecular weight excluding hydrogens is 262 g/mol. The SMILES string of the molecule is COCC1CCN(C(=O)c2ccc(C#CCO)s2)C1. The van der Waals surface area contributed by atoms with E-state index < -0.39 is 0 Å². The van der Waals surface area contributed by atoms with Crippen LogP contribution < -0.4 is 0 Å². The van der Waals surface area contributed by atoms with Crippen LogP contribution in [0.25, 0.3) is 0 Å². The molecule has 1 N–H and O–H groups in total. The number of carbonyl (C=O) groups is 1. The van der Waals surface area contributed by atoms with Gasteiger partial charge in [-0.05, 0) is 18.6 Å². The summed E-state index contributed by atoms with van der Waals surface area (Å²) in [4.78, 5) is 15.7. The van der Waals surface area contributed by atoms with Crippen molar-refractivity contribution in [3.8, 4) is 11.8 Å². The Hall–Kier alpha value is -1.35. The molecule has 1 aliphatic rings. The summed E-state index contributed by atoms with van der Waals surface area (Å²) in [6, 6.07) is 3.63. The fourth-order valence-electron chi connectivity index (χ4n) is 2.19. The number of hydrogen-bond acceptors (Lipinski definition) is 4. The Bertz CT molecular complexity index is 500. The van der Waals surface area contributed by atoms with Gasteiger partial charge in [0.15, 0.2) is 0 Å². The van der Waals surface area contributed by atoms with Gasteiger partial charge in [0.2, 0.25) is 0 Å². The predicted molar refractivity (Wildman–Crippen MR) is 74.2 cm³/mol. The molecule has 1 aliphatic heterocycles. The van der Waals surface area contributed by atoms with E-state index in [0.29, 0.717) is 17.4 Å². The largest absolute Gasteiger partial charge is 0.384 e. The number of likely N-dealkylation sites (tertiary alicyclic amines) is 1. The van der Waals surface area contributed by atoms with Gasteiger partial charge in [-0.2, -0.15) is 0 Å². The third-order valence-corrected chi connectivity index (χ3v) is 4.07. The van der Waals surface area contributed by atoms with Crippen LogP contribution in [-0.2, 0) is 4.74 Å². The highest BCUT2D eigenvalue weighted by atomic mass is 32.1. The van der Waals surface area contributed by atoms with Crippen LogP contribution in [0.3, 0.4) is 0 Å². The van der Waals surface area contributed by atoms with Crippen molar-refractivity contribution in [3.05, 3.63) is 21.9 Å². The first-order valence-electron chi connectivity index (χ1n) is 6.22.